The second-order valence-corrected chi connectivity index (χ2v) is 21.6. The Morgan fingerprint density at radius 1 is 0.667 bits per heavy atom. The Bertz CT molecular complexity index is 2500. The molecule has 3 N–H and O–H groups in total. The molecule has 2 fully saturated rings. The van der Waals surface area contributed by atoms with Crippen LogP contribution in [0.3, 0.4) is 0 Å². The van der Waals surface area contributed by atoms with Crippen molar-refractivity contribution in [3.05, 3.63) is 128 Å². The first-order valence-electron chi connectivity index (χ1n) is 20.9. The third kappa shape index (κ3) is 15.8. The number of hydrogen-bond donors (Lipinski definition) is 3. The van der Waals surface area contributed by atoms with Crippen LogP contribution in [0.1, 0.15) is 54.9 Å². The highest BCUT2D eigenvalue weighted by Gasteiger charge is 2.38. The molecule has 352 valence electrons. The predicted octanol–water partition coefficient (Wildman–Crippen LogP) is 9.08. The highest BCUT2D eigenvalue weighted by atomic mass is 79.9. The number of carbonyl (C=O) groups excluding carboxylic acids is 2. The van der Waals surface area contributed by atoms with Gasteiger partial charge in [-0.2, -0.15) is 10.5 Å². The maximum atomic E-state index is 13.2. The van der Waals surface area contributed by atoms with Crippen LogP contribution < -0.4 is 9.47 Å². The standard InChI is InChI=1S/C24H27BrFN2O5P.C22H23BrFN2O5P/c1-2-33-34(30,31)16-19-13-20(25)5-8-22(19)32-15-23(29)28-11-9-24(17-27,10-12-28)14-18-3-6-21(26)7-4-18;23-18-3-6-20(17(11-18)14-32(28,29)30)31-13-21(27)26-9-7-22(15-25,8-10-26)12-16-1-4-19(24)5-2-16/h3-8,13H,2,9-12,14-16H2,1H3,(H,30,31);1-6,11H,7-10,12-14H2,(H2,28,29,30). The molecule has 2 saturated heterocycles. The fourth-order valence-corrected chi connectivity index (χ4v) is 10.5. The highest BCUT2D eigenvalue weighted by Crippen LogP contribution is 2.48. The van der Waals surface area contributed by atoms with E-state index in [-0.39, 0.29) is 55.2 Å². The van der Waals surface area contributed by atoms with E-state index in [9.17, 15) is 52.7 Å². The topological polar surface area (TPSA) is 211 Å². The summed E-state index contributed by atoms with van der Waals surface area (Å²) in [7, 11) is -8.14. The number of nitrogens with zero attached hydrogens (tertiary/aromatic N) is 4. The average molecular weight is 1080 g/mol. The number of piperidine rings is 2. The van der Waals surface area contributed by atoms with Crippen LogP contribution in [0.2, 0.25) is 0 Å². The number of ether oxygens (including phenoxy) is 2. The minimum absolute atomic E-state index is 0.108. The van der Waals surface area contributed by atoms with Gasteiger partial charge in [-0.05, 0) is 117 Å². The molecule has 1 atom stereocenters. The number of rotatable bonds is 16. The zero-order valence-corrected chi connectivity index (χ0v) is 41.0. The largest absolute Gasteiger partial charge is 0.483 e. The van der Waals surface area contributed by atoms with Crippen molar-refractivity contribution in [3.63, 3.8) is 0 Å². The van der Waals surface area contributed by atoms with E-state index < -0.39 is 32.2 Å². The molecule has 2 heterocycles. The monoisotopic (exact) mass is 1080 g/mol. The third-order valence-corrected chi connectivity index (χ3v) is 14.5. The summed E-state index contributed by atoms with van der Waals surface area (Å²) >= 11 is 6.60. The van der Waals surface area contributed by atoms with Crippen molar-refractivity contribution >= 4 is 58.9 Å². The Balaban J connectivity index is 0.000000248. The zero-order valence-electron chi connectivity index (χ0n) is 36.1. The van der Waals surface area contributed by atoms with Gasteiger partial charge in [-0.25, -0.2) is 8.78 Å². The van der Waals surface area contributed by atoms with Gasteiger partial charge in [0, 0.05) is 46.3 Å². The van der Waals surface area contributed by atoms with Gasteiger partial charge in [-0.15, -0.1) is 0 Å². The minimum Gasteiger partial charge on any atom is -0.483 e. The van der Waals surface area contributed by atoms with E-state index in [4.69, 9.17) is 14.0 Å². The first-order valence-corrected chi connectivity index (χ1v) is 26.1. The van der Waals surface area contributed by atoms with Crippen molar-refractivity contribution < 1.29 is 56.2 Å². The lowest BCUT2D eigenvalue weighted by atomic mass is 9.75. The predicted molar refractivity (Wildman–Crippen MR) is 248 cm³/mol. The minimum atomic E-state index is -4.31. The van der Waals surface area contributed by atoms with Crippen LogP contribution in [0.25, 0.3) is 0 Å². The van der Waals surface area contributed by atoms with Gasteiger partial charge in [0.1, 0.15) is 23.1 Å². The van der Waals surface area contributed by atoms with Gasteiger partial charge in [0.25, 0.3) is 11.8 Å². The van der Waals surface area contributed by atoms with Crippen molar-refractivity contribution in [2.45, 2.75) is 57.8 Å². The Hall–Kier alpha value is -4.48. The summed E-state index contributed by atoms with van der Waals surface area (Å²) in [5.74, 6) is -0.545. The van der Waals surface area contributed by atoms with Crippen molar-refractivity contribution in [1.82, 2.24) is 9.80 Å². The summed E-state index contributed by atoms with van der Waals surface area (Å²) in [4.78, 5) is 57.3. The van der Waals surface area contributed by atoms with Gasteiger partial charge >= 0.3 is 15.2 Å². The molecule has 0 bridgehead atoms. The van der Waals surface area contributed by atoms with E-state index in [0.29, 0.717) is 90.5 Å². The van der Waals surface area contributed by atoms with E-state index in [1.807, 2.05) is 0 Å². The lowest BCUT2D eigenvalue weighted by molar-refractivity contribution is -0.136. The number of likely N-dealkylation sites (tertiary alicyclic amines) is 2. The van der Waals surface area contributed by atoms with E-state index in [1.54, 1.807) is 77.4 Å². The smallest absolute Gasteiger partial charge is 0.332 e. The number of hydrogen-bond acceptors (Lipinski definition) is 9. The van der Waals surface area contributed by atoms with Crippen molar-refractivity contribution in [3.8, 4) is 23.6 Å². The molecule has 2 aliphatic rings. The second-order valence-electron chi connectivity index (χ2n) is 16.3. The number of amides is 2. The number of halogens is 4. The normalized spacial score (nSPS) is 16.4. The van der Waals surface area contributed by atoms with Crippen LogP contribution in [0.15, 0.2) is 93.9 Å². The van der Waals surface area contributed by atoms with Gasteiger partial charge in [0.2, 0.25) is 0 Å². The van der Waals surface area contributed by atoms with Crippen molar-refractivity contribution in [2.24, 2.45) is 10.8 Å². The molecule has 0 aromatic heterocycles. The van der Waals surface area contributed by atoms with Gasteiger partial charge in [0.15, 0.2) is 13.2 Å². The summed E-state index contributed by atoms with van der Waals surface area (Å²) < 4.78 is 67.5. The summed E-state index contributed by atoms with van der Waals surface area (Å²) in [6.07, 6.45) is 2.28. The number of carbonyl (C=O) groups is 2. The molecular weight excluding hydrogens is 1030 g/mol. The zero-order chi connectivity index (χ0) is 48.1. The average Bonchev–Trinajstić information content (AvgIpc) is 3.27. The first kappa shape index (κ1) is 52.5. The van der Waals surface area contributed by atoms with Crippen molar-refractivity contribution in [1.29, 1.82) is 10.5 Å². The molecule has 0 aliphatic carbocycles. The summed E-state index contributed by atoms with van der Waals surface area (Å²) in [6.45, 7) is 2.87. The number of nitriles is 2. The van der Waals surface area contributed by atoms with E-state index in [2.05, 4.69) is 44.0 Å². The van der Waals surface area contributed by atoms with Crippen LogP contribution in [-0.4, -0.2) is 82.3 Å². The molecule has 0 saturated carbocycles. The molecule has 4 aromatic rings. The van der Waals surface area contributed by atoms with Crippen molar-refractivity contribution in [2.75, 3.05) is 46.0 Å². The van der Waals surface area contributed by atoms with Crippen LogP contribution >= 0.6 is 47.1 Å². The molecule has 66 heavy (non-hydrogen) atoms. The quantitative estimate of drug-likeness (QED) is 0.0898. The van der Waals surface area contributed by atoms with Crippen LogP contribution in [0, 0.1) is 45.1 Å². The maximum Gasteiger partial charge on any atom is 0.332 e. The Labute approximate surface area is 399 Å². The van der Waals surface area contributed by atoms with E-state index in [1.165, 1.54) is 24.3 Å². The lowest BCUT2D eigenvalue weighted by Crippen LogP contribution is -2.45. The van der Waals surface area contributed by atoms with Gasteiger partial charge in [-0.3, -0.25) is 18.7 Å². The summed E-state index contributed by atoms with van der Waals surface area (Å²) in [6, 6.07) is 26.9. The van der Waals surface area contributed by atoms with Gasteiger partial charge in [0.05, 0.1) is 41.9 Å². The molecule has 0 radical (unpaired) electrons. The molecule has 2 aliphatic heterocycles. The fraction of sp³-hybridized carbons (Fsp3) is 0.391. The van der Waals surface area contributed by atoms with E-state index in [0.717, 1.165) is 11.1 Å². The Kier molecular flexibility index (Phi) is 18.7. The molecular formula is C46H50Br2F2N4O10P2. The number of benzene rings is 4. The molecule has 2 amide bonds. The van der Waals surface area contributed by atoms with Crippen LogP contribution in [0.4, 0.5) is 8.78 Å². The molecule has 1 unspecified atom stereocenters. The Morgan fingerprint density at radius 2 is 1.05 bits per heavy atom. The van der Waals surface area contributed by atoms with E-state index >= 15 is 0 Å². The SMILES string of the molecule is CCOP(=O)(O)Cc1cc(Br)ccc1OCC(=O)N1CCC(C#N)(Cc2ccc(F)cc2)CC1.N#CC1(Cc2ccc(F)cc2)CCN(C(=O)COc2ccc(Br)cc2CP(=O)(O)O)CC1. The molecule has 4 aromatic carbocycles. The van der Waals surface area contributed by atoms with Gasteiger partial charge in [-0.1, -0.05) is 56.1 Å². The molecule has 0 spiro atoms. The lowest BCUT2D eigenvalue weighted by Gasteiger charge is -2.37. The van der Waals surface area contributed by atoms with Crippen LogP contribution in [-0.2, 0) is 48.4 Å². The summed E-state index contributed by atoms with van der Waals surface area (Å²) in [5.41, 5.74) is 1.32. The highest BCUT2D eigenvalue weighted by molar-refractivity contribution is 9.10. The Morgan fingerprint density at radius 3 is 1.39 bits per heavy atom. The van der Waals surface area contributed by atoms with Crippen LogP contribution in [0.5, 0.6) is 11.5 Å². The molecule has 6 rings (SSSR count). The molecule has 14 nitrogen and oxygen atoms in total. The van der Waals surface area contributed by atoms with Gasteiger partial charge < -0.3 is 38.5 Å². The first-order chi connectivity index (χ1) is 31.2. The summed E-state index contributed by atoms with van der Waals surface area (Å²) in [5, 5.41) is 19.6. The molecule has 20 heteroatoms. The third-order valence-electron chi connectivity index (χ3n) is 11.4. The second kappa shape index (κ2) is 23.5. The fourth-order valence-electron chi connectivity index (χ4n) is 7.78. The maximum absolute atomic E-state index is 13.2.